The van der Waals surface area contributed by atoms with Crippen LogP contribution in [0.15, 0.2) is 36.5 Å². The molecule has 0 fully saturated rings. The molecule has 0 spiro atoms. The summed E-state index contributed by atoms with van der Waals surface area (Å²) < 4.78 is 32.8. The molecule has 0 radical (unpaired) electrons. The van der Waals surface area contributed by atoms with Gasteiger partial charge in [-0.3, -0.25) is 18.6 Å². The lowest BCUT2D eigenvalue weighted by Crippen LogP contribution is -2.29. The number of ether oxygens (including phenoxy) is 2. The Balaban J connectivity index is 3.97. The van der Waals surface area contributed by atoms with Crippen LogP contribution in [-0.4, -0.2) is 42.8 Å². The quantitative estimate of drug-likeness (QED) is 0.0279. The number of allylic oxidation sites excluding steroid dienone is 6. The van der Waals surface area contributed by atoms with Gasteiger partial charge in [0.1, 0.15) is 6.61 Å². The molecule has 0 amide bonds. The summed E-state index contributed by atoms with van der Waals surface area (Å²) in [6.45, 7) is 5.50. The van der Waals surface area contributed by atoms with Gasteiger partial charge in [-0.15, -0.1) is 0 Å². The average Bonchev–Trinajstić information content (AvgIpc) is 3.24. The van der Waals surface area contributed by atoms with Crippen LogP contribution in [0.4, 0.5) is 0 Å². The van der Waals surface area contributed by atoms with E-state index in [2.05, 4.69) is 50.3 Å². The molecular weight excluding hydrogens is 784 g/mol. The second-order valence-corrected chi connectivity index (χ2v) is 18.6. The third kappa shape index (κ3) is 47.6. The largest absolute Gasteiger partial charge is 0.472 e. The first-order valence-electron chi connectivity index (χ1n) is 25.8. The normalized spacial score (nSPS) is 13.4. The summed E-state index contributed by atoms with van der Waals surface area (Å²) in [4.78, 5) is 34.9. The molecule has 2 atom stereocenters. The highest BCUT2D eigenvalue weighted by atomic mass is 31.2. The maximum Gasteiger partial charge on any atom is 0.472 e. The molecule has 2 unspecified atom stereocenters. The lowest BCUT2D eigenvalue weighted by atomic mass is 10.0. The molecule has 9 heteroatoms. The van der Waals surface area contributed by atoms with Crippen LogP contribution in [0.25, 0.3) is 0 Å². The summed E-state index contributed by atoms with van der Waals surface area (Å²) in [6, 6.07) is 0. The molecule has 0 saturated carbocycles. The Kier molecular flexibility index (Phi) is 46.4. The first-order chi connectivity index (χ1) is 29.8. The Hall–Kier alpha value is -1.73. The Morgan fingerprint density at radius 3 is 1.18 bits per heavy atom. The van der Waals surface area contributed by atoms with Crippen LogP contribution < -0.4 is 0 Å². The predicted molar refractivity (Wildman–Crippen MR) is 258 cm³/mol. The fourth-order valence-electron chi connectivity index (χ4n) is 7.36. The number of esters is 2. The minimum Gasteiger partial charge on any atom is -0.462 e. The summed E-state index contributed by atoms with van der Waals surface area (Å²) in [5.74, 6) is -0.796. The van der Waals surface area contributed by atoms with Crippen LogP contribution in [-0.2, 0) is 32.7 Å². The average molecular weight is 881 g/mol. The summed E-state index contributed by atoms with van der Waals surface area (Å²) in [5.41, 5.74) is 0. The molecule has 0 heterocycles. The summed E-state index contributed by atoms with van der Waals surface area (Å²) in [7, 11) is -4.29. The van der Waals surface area contributed by atoms with Crippen LogP contribution in [0.1, 0.15) is 258 Å². The number of rotatable bonds is 48. The van der Waals surface area contributed by atoms with Crippen molar-refractivity contribution >= 4 is 19.8 Å². The van der Waals surface area contributed by atoms with Gasteiger partial charge < -0.3 is 14.4 Å². The Morgan fingerprint density at radius 2 is 0.787 bits per heavy atom. The molecule has 0 aliphatic heterocycles. The fourth-order valence-corrected chi connectivity index (χ4v) is 8.12. The number of phosphoric acid groups is 1. The van der Waals surface area contributed by atoms with E-state index < -0.39 is 26.5 Å². The van der Waals surface area contributed by atoms with Crippen molar-refractivity contribution in [2.24, 2.45) is 0 Å². The number of unbranched alkanes of at least 4 members (excludes halogenated alkanes) is 30. The van der Waals surface area contributed by atoms with Gasteiger partial charge in [-0.2, -0.15) is 0 Å². The molecular formula is C52H97O8P. The van der Waals surface area contributed by atoms with Crippen molar-refractivity contribution in [1.82, 2.24) is 0 Å². The Bertz CT molecular complexity index is 1090. The second kappa shape index (κ2) is 47.7. The van der Waals surface area contributed by atoms with Crippen LogP contribution in [0.5, 0.6) is 0 Å². The van der Waals surface area contributed by atoms with Crippen LogP contribution in [0.2, 0.25) is 0 Å². The minimum absolute atomic E-state index is 0.0000458. The number of carbonyl (C=O) groups excluding carboxylic acids is 2. The molecule has 0 aromatic carbocycles. The van der Waals surface area contributed by atoms with Gasteiger partial charge in [-0.25, -0.2) is 4.57 Å². The van der Waals surface area contributed by atoms with E-state index in [-0.39, 0.29) is 32.0 Å². The zero-order chi connectivity index (χ0) is 44.6. The van der Waals surface area contributed by atoms with Gasteiger partial charge in [0.05, 0.1) is 13.2 Å². The van der Waals surface area contributed by atoms with E-state index in [0.29, 0.717) is 6.42 Å². The van der Waals surface area contributed by atoms with E-state index in [1.165, 1.54) is 180 Å². The zero-order valence-corrected chi connectivity index (χ0v) is 41.0. The van der Waals surface area contributed by atoms with Crippen molar-refractivity contribution in [2.45, 2.75) is 264 Å². The predicted octanol–water partition coefficient (Wildman–Crippen LogP) is 16.7. The summed E-state index contributed by atoms with van der Waals surface area (Å²) >= 11 is 0. The minimum atomic E-state index is -4.29. The highest BCUT2D eigenvalue weighted by molar-refractivity contribution is 7.47. The monoisotopic (exact) mass is 881 g/mol. The van der Waals surface area contributed by atoms with Gasteiger partial charge >= 0.3 is 19.8 Å². The number of hydrogen-bond acceptors (Lipinski definition) is 7. The van der Waals surface area contributed by atoms with Gasteiger partial charge in [0, 0.05) is 12.8 Å². The van der Waals surface area contributed by atoms with Gasteiger partial charge in [0.2, 0.25) is 0 Å². The number of carbonyl (C=O) groups is 2. The first-order valence-corrected chi connectivity index (χ1v) is 27.3. The number of phosphoric ester groups is 1. The van der Waals surface area contributed by atoms with E-state index >= 15 is 0 Å². The fraction of sp³-hybridized carbons (Fsp3) is 0.846. The topological polar surface area (TPSA) is 108 Å². The molecule has 1 N–H and O–H groups in total. The molecule has 358 valence electrons. The number of hydrogen-bond donors (Lipinski definition) is 1. The van der Waals surface area contributed by atoms with E-state index in [1.807, 2.05) is 0 Å². The lowest BCUT2D eigenvalue weighted by molar-refractivity contribution is -0.161. The van der Waals surface area contributed by atoms with E-state index in [1.54, 1.807) is 6.92 Å². The third-order valence-corrected chi connectivity index (χ3v) is 12.2. The van der Waals surface area contributed by atoms with Crippen molar-refractivity contribution in [2.75, 3.05) is 19.8 Å². The van der Waals surface area contributed by atoms with Crippen molar-refractivity contribution in [3.05, 3.63) is 36.5 Å². The van der Waals surface area contributed by atoms with E-state index in [0.717, 1.165) is 38.5 Å². The second-order valence-electron chi connectivity index (χ2n) is 17.2. The van der Waals surface area contributed by atoms with Crippen LogP contribution in [0.3, 0.4) is 0 Å². The van der Waals surface area contributed by atoms with Gasteiger partial charge in [-0.05, 0) is 77.6 Å². The van der Waals surface area contributed by atoms with Crippen molar-refractivity contribution in [1.29, 1.82) is 0 Å². The molecule has 61 heavy (non-hydrogen) atoms. The molecule has 8 nitrogen and oxygen atoms in total. The molecule has 0 aliphatic carbocycles. The third-order valence-electron chi connectivity index (χ3n) is 11.2. The maximum absolute atomic E-state index is 12.6. The highest BCUT2D eigenvalue weighted by Crippen LogP contribution is 2.43. The maximum atomic E-state index is 12.6. The standard InChI is InChI=1S/C52H97O8P/c1-4-7-9-11-13-15-17-19-21-23-25-26-27-28-29-31-33-35-37-39-41-43-45-47-52(54)60-50(49-59-61(55,56)58-6-3)48-57-51(53)46-44-42-40-38-36-34-32-30-24-22-20-18-16-14-12-10-8-5-2/h17,19,22-25,50H,4-16,18,20-21,26-49H2,1-3H3,(H,55,56)/b19-17-,24-22-,25-23-. The van der Waals surface area contributed by atoms with Gasteiger partial charge in [0.25, 0.3) is 0 Å². The Labute approximate surface area is 376 Å². The van der Waals surface area contributed by atoms with Gasteiger partial charge in [-0.1, -0.05) is 204 Å². The van der Waals surface area contributed by atoms with Crippen LogP contribution >= 0.6 is 7.82 Å². The summed E-state index contributed by atoms with van der Waals surface area (Å²) in [5, 5.41) is 0. The van der Waals surface area contributed by atoms with Crippen molar-refractivity contribution in [3.63, 3.8) is 0 Å². The van der Waals surface area contributed by atoms with Crippen molar-refractivity contribution in [3.8, 4) is 0 Å². The molecule has 0 aromatic rings. The highest BCUT2D eigenvalue weighted by Gasteiger charge is 2.25. The molecule has 0 aromatic heterocycles. The smallest absolute Gasteiger partial charge is 0.462 e. The molecule has 0 rings (SSSR count). The lowest BCUT2D eigenvalue weighted by Gasteiger charge is -2.19. The Morgan fingerprint density at radius 1 is 0.443 bits per heavy atom. The molecule has 0 saturated heterocycles. The van der Waals surface area contributed by atoms with Crippen LogP contribution in [0, 0.1) is 0 Å². The SMILES string of the molecule is CCCCCCC/C=C\C/C=C\CCCCCCCCCCCCCC(=O)OC(COC(=O)CCCCCCCCC/C=C\CCCCCCCCC)COP(=O)(O)OCC. The van der Waals surface area contributed by atoms with E-state index in [9.17, 15) is 19.0 Å². The molecule has 0 bridgehead atoms. The molecule has 0 aliphatic rings. The van der Waals surface area contributed by atoms with Crippen molar-refractivity contribution < 1.29 is 37.6 Å². The first kappa shape index (κ1) is 59.3. The van der Waals surface area contributed by atoms with Gasteiger partial charge in [0.15, 0.2) is 6.10 Å². The summed E-state index contributed by atoms with van der Waals surface area (Å²) in [6.07, 6.45) is 56.3. The zero-order valence-electron chi connectivity index (χ0n) is 40.1. The van der Waals surface area contributed by atoms with E-state index in [4.69, 9.17) is 18.5 Å².